The third-order valence-corrected chi connectivity index (χ3v) is 4.59. The van der Waals surface area contributed by atoms with E-state index in [0.29, 0.717) is 13.0 Å². The molecule has 1 saturated carbocycles. The van der Waals surface area contributed by atoms with Crippen molar-refractivity contribution < 1.29 is 9.59 Å². The second-order valence-corrected chi connectivity index (χ2v) is 5.96. The molecule has 1 N–H and O–H groups in total. The molecule has 2 aliphatic rings. The van der Waals surface area contributed by atoms with Crippen LogP contribution in [0.2, 0.25) is 0 Å². The largest absolute Gasteiger partial charge is 0.347 e. The summed E-state index contributed by atoms with van der Waals surface area (Å²) in [6.45, 7) is 9.45. The lowest BCUT2D eigenvalue weighted by atomic mass is 10.0. The molecule has 0 aromatic carbocycles. The van der Waals surface area contributed by atoms with E-state index in [9.17, 15) is 9.59 Å². The molecule has 0 atom stereocenters. The van der Waals surface area contributed by atoms with E-state index in [2.05, 4.69) is 33.0 Å². The van der Waals surface area contributed by atoms with Crippen molar-refractivity contribution in [2.45, 2.75) is 40.2 Å². The lowest BCUT2D eigenvalue weighted by molar-refractivity contribution is -0.131. The Labute approximate surface area is 96.4 Å². The molecule has 4 nitrogen and oxygen atoms in total. The summed E-state index contributed by atoms with van der Waals surface area (Å²) in [5.41, 5.74) is 0.298. The molecule has 0 unspecified atom stereocenters. The first kappa shape index (κ1) is 11.4. The minimum Gasteiger partial charge on any atom is -0.347 e. The molecule has 16 heavy (non-hydrogen) atoms. The van der Waals surface area contributed by atoms with Crippen molar-refractivity contribution in [2.75, 3.05) is 13.1 Å². The number of hydrogen-bond donors (Lipinski definition) is 1. The van der Waals surface area contributed by atoms with Gasteiger partial charge in [-0.1, -0.05) is 27.7 Å². The Bertz CT molecular complexity index is 333. The third-order valence-electron chi connectivity index (χ3n) is 4.59. The van der Waals surface area contributed by atoms with E-state index in [1.54, 1.807) is 0 Å². The van der Waals surface area contributed by atoms with Crippen molar-refractivity contribution in [3.05, 3.63) is 0 Å². The summed E-state index contributed by atoms with van der Waals surface area (Å²) in [6, 6.07) is 0.264. The van der Waals surface area contributed by atoms with Gasteiger partial charge in [-0.2, -0.15) is 0 Å². The summed E-state index contributed by atoms with van der Waals surface area (Å²) in [4.78, 5) is 25.1. The highest BCUT2D eigenvalue weighted by Crippen LogP contribution is 2.65. The summed E-state index contributed by atoms with van der Waals surface area (Å²) in [5, 5.41) is 2.63. The summed E-state index contributed by atoms with van der Waals surface area (Å²) < 4.78 is 0. The van der Waals surface area contributed by atoms with Crippen molar-refractivity contribution in [3.63, 3.8) is 0 Å². The van der Waals surface area contributed by atoms with E-state index < -0.39 is 0 Å². The Morgan fingerprint density at radius 1 is 1.19 bits per heavy atom. The molecule has 2 rings (SSSR count). The number of rotatable bonds is 1. The van der Waals surface area contributed by atoms with E-state index in [1.165, 1.54) is 0 Å². The van der Waals surface area contributed by atoms with Crippen molar-refractivity contribution >= 4 is 11.8 Å². The molecule has 0 radical (unpaired) electrons. The molecule has 1 saturated heterocycles. The van der Waals surface area contributed by atoms with Gasteiger partial charge in [-0.3, -0.25) is 9.59 Å². The minimum atomic E-state index is -0.0212. The summed E-state index contributed by atoms with van der Waals surface area (Å²) >= 11 is 0. The molecule has 0 aromatic heterocycles. The van der Waals surface area contributed by atoms with Gasteiger partial charge in [0.2, 0.25) is 11.8 Å². The topological polar surface area (TPSA) is 49.4 Å². The fourth-order valence-corrected chi connectivity index (χ4v) is 2.92. The van der Waals surface area contributed by atoms with Crippen LogP contribution in [0.5, 0.6) is 0 Å². The SMILES string of the molecule is CC1(C)C(N2CCC(=O)NCC2=O)C1(C)C. The highest BCUT2D eigenvalue weighted by atomic mass is 16.2. The second-order valence-electron chi connectivity index (χ2n) is 5.96. The third kappa shape index (κ3) is 1.43. The Balaban J connectivity index is 2.16. The van der Waals surface area contributed by atoms with Crippen LogP contribution >= 0.6 is 0 Å². The lowest BCUT2D eigenvalue weighted by Gasteiger charge is -2.22. The number of carbonyl (C=O) groups excluding carboxylic acids is 2. The van der Waals surface area contributed by atoms with Gasteiger partial charge in [-0.15, -0.1) is 0 Å². The fourth-order valence-electron chi connectivity index (χ4n) is 2.92. The van der Waals surface area contributed by atoms with Crippen LogP contribution in [0.3, 0.4) is 0 Å². The van der Waals surface area contributed by atoms with Gasteiger partial charge in [0.25, 0.3) is 0 Å². The average molecular weight is 224 g/mol. The van der Waals surface area contributed by atoms with Crippen LogP contribution in [0.1, 0.15) is 34.1 Å². The highest BCUT2D eigenvalue weighted by molar-refractivity contribution is 5.87. The Kier molecular flexibility index (Phi) is 2.30. The van der Waals surface area contributed by atoms with E-state index >= 15 is 0 Å². The zero-order valence-electron chi connectivity index (χ0n) is 10.5. The molecule has 2 fully saturated rings. The first-order chi connectivity index (χ1) is 7.28. The Morgan fingerprint density at radius 2 is 1.75 bits per heavy atom. The fraction of sp³-hybridized carbons (Fsp3) is 0.833. The molecule has 4 heteroatoms. The molecule has 0 spiro atoms. The molecule has 2 amide bonds. The second kappa shape index (κ2) is 3.22. The molecule has 0 aromatic rings. The van der Waals surface area contributed by atoms with Crippen LogP contribution in [0.25, 0.3) is 0 Å². The van der Waals surface area contributed by atoms with Gasteiger partial charge >= 0.3 is 0 Å². The van der Waals surface area contributed by atoms with Crippen LogP contribution in [0.15, 0.2) is 0 Å². The van der Waals surface area contributed by atoms with Gasteiger partial charge in [-0.05, 0) is 10.8 Å². The van der Waals surface area contributed by atoms with Crippen molar-refractivity contribution in [1.82, 2.24) is 10.2 Å². The van der Waals surface area contributed by atoms with Gasteiger partial charge in [0, 0.05) is 19.0 Å². The zero-order valence-corrected chi connectivity index (χ0v) is 10.5. The van der Waals surface area contributed by atoms with Crippen LogP contribution in [0, 0.1) is 10.8 Å². The van der Waals surface area contributed by atoms with Crippen molar-refractivity contribution in [3.8, 4) is 0 Å². The van der Waals surface area contributed by atoms with Gasteiger partial charge in [0.1, 0.15) is 0 Å². The molecule has 1 aliphatic carbocycles. The maximum Gasteiger partial charge on any atom is 0.242 e. The molecule has 1 aliphatic heterocycles. The maximum atomic E-state index is 11.9. The number of carbonyl (C=O) groups is 2. The molecular weight excluding hydrogens is 204 g/mol. The standard InChI is InChI=1S/C12H20N2O2/c1-11(2)10(12(11,3)4)14-6-5-8(15)13-7-9(14)16/h10H,5-7H2,1-4H3,(H,13,15). The van der Waals surface area contributed by atoms with Gasteiger partial charge in [0.15, 0.2) is 0 Å². The van der Waals surface area contributed by atoms with Gasteiger partial charge in [-0.25, -0.2) is 0 Å². The van der Waals surface area contributed by atoms with Crippen LogP contribution in [0.4, 0.5) is 0 Å². The predicted molar refractivity (Wildman–Crippen MR) is 60.7 cm³/mol. The van der Waals surface area contributed by atoms with E-state index in [4.69, 9.17) is 0 Å². The molecular formula is C12H20N2O2. The molecule has 90 valence electrons. The first-order valence-electron chi connectivity index (χ1n) is 5.84. The Hall–Kier alpha value is -1.06. The summed E-state index contributed by atoms with van der Waals surface area (Å²) in [6.07, 6.45) is 0.425. The van der Waals surface area contributed by atoms with Gasteiger partial charge in [0.05, 0.1) is 6.54 Å². The van der Waals surface area contributed by atoms with E-state index in [1.807, 2.05) is 4.90 Å². The lowest BCUT2D eigenvalue weighted by Crippen LogP contribution is -2.39. The summed E-state index contributed by atoms with van der Waals surface area (Å²) in [7, 11) is 0. The number of nitrogens with one attached hydrogen (secondary N) is 1. The van der Waals surface area contributed by atoms with E-state index in [0.717, 1.165) is 0 Å². The number of amides is 2. The number of nitrogens with zero attached hydrogens (tertiary/aromatic N) is 1. The normalized spacial score (nSPS) is 28.6. The summed E-state index contributed by atoms with van der Waals surface area (Å²) in [5.74, 6) is 0.0293. The van der Waals surface area contributed by atoms with Gasteiger partial charge < -0.3 is 10.2 Å². The predicted octanol–water partition coefficient (Wildman–Crippen LogP) is 0.769. The maximum absolute atomic E-state index is 11.9. The van der Waals surface area contributed by atoms with E-state index in [-0.39, 0.29) is 35.2 Å². The molecule has 1 heterocycles. The number of hydrogen-bond acceptors (Lipinski definition) is 2. The van der Waals surface area contributed by atoms with Crippen LogP contribution < -0.4 is 5.32 Å². The average Bonchev–Trinajstić information content (AvgIpc) is 2.63. The smallest absolute Gasteiger partial charge is 0.242 e. The minimum absolute atomic E-state index is 0.0212. The first-order valence-corrected chi connectivity index (χ1v) is 5.84. The quantitative estimate of drug-likeness (QED) is 0.715. The molecule has 0 bridgehead atoms. The van der Waals surface area contributed by atoms with Crippen LogP contribution in [-0.2, 0) is 9.59 Å². The monoisotopic (exact) mass is 224 g/mol. The van der Waals surface area contributed by atoms with Crippen molar-refractivity contribution in [2.24, 2.45) is 10.8 Å². The zero-order chi connectivity index (χ0) is 12.1. The van der Waals surface area contributed by atoms with Crippen molar-refractivity contribution in [1.29, 1.82) is 0 Å². The van der Waals surface area contributed by atoms with Crippen LogP contribution in [-0.4, -0.2) is 35.8 Å². The highest BCUT2D eigenvalue weighted by Gasteiger charge is 2.68. The Morgan fingerprint density at radius 3 is 2.25 bits per heavy atom.